The second-order valence-corrected chi connectivity index (χ2v) is 5.38. The fraction of sp³-hybridized carbons (Fsp3) is 0.615. The van der Waals surface area contributed by atoms with Crippen LogP contribution in [-0.2, 0) is 16.1 Å². The summed E-state index contributed by atoms with van der Waals surface area (Å²) in [5.74, 6) is 0.104. The molecule has 2 rings (SSSR count). The van der Waals surface area contributed by atoms with Gasteiger partial charge in [0.1, 0.15) is 12.5 Å². The molecule has 1 aromatic rings. The second-order valence-electron chi connectivity index (χ2n) is 4.60. The van der Waals surface area contributed by atoms with Crippen molar-refractivity contribution in [3.8, 4) is 0 Å². The number of carbonyl (C=O) groups excluding carboxylic acids is 1. The van der Waals surface area contributed by atoms with Gasteiger partial charge in [0.15, 0.2) is 0 Å². The Hall–Kier alpha value is -0.870. The van der Waals surface area contributed by atoms with E-state index >= 15 is 0 Å². The largest absolute Gasteiger partial charge is 0.466 e. The van der Waals surface area contributed by atoms with Gasteiger partial charge in [0.2, 0.25) is 0 Å². The van der Waals surface area contributed by atoms with E-state index < -0.39 is 0 Å². The first-order valence-corrected chi connectivity index (χ1v) is 7.25. The van der Waals surface area contributed by atoms with Gasteiger partial charge in [-0.05, 0) is 36.6 Å². The van der Waals surface area contributed by atoms with Crippen LogP contribution in [0.25, 0.3) is 0 Å². The topological polar surface area (TPSA) is 30.7 Å². The van der Waals surface area contributed by atoms with Gasteiger partial charge in [-0.25, -0.2) is 0 Å². The summed E-state index contributed by atoms with van der Waals surface area (Å²) in [4.78, 5) is 13.2. The number of piperidine rings is 1. The zero-order valence-corrected chi connectivity index (χ0v) is 11.1. The minimum absolute atomic E-state index is 0.00461. The lowest BCUT2D eigenvalue weighted by Gasteiger charge is -2.28. The molecule has 0 radical (unpaired) electrons. The molecule has 0 bridgehead atoms. The number of hydrogen-bond acceptors (Lipinski definition) is 3. The van der Waals surface area contributed by atoms with Crippen LogP contribution in [0.15, 0.2) is 16.8 Å². The molecule has 0 spiro atoms. The highest BCUT2D eigenvalue weighted by Crippen LogP contribution is 2.10. The van der Waals surface area contributed by atoms with Crippen LogP contribution < -0.4 is 4.90 Å². The molecule has 1 saturated heterocycles. The normalized spacial score (nSPS) is 24.5. The molecule has 2 heterocycles. The third kappa shape index (κ3) is 3.54. The molecule has 4 heteroatoms. The number of likely N-dealkylation sites (tertiary alicyclic amines) is 1. The third-order valence-electron chi connectivity index (χ3n) is 3.27. The first-order chi connectivity index (χ1) is 8.29. The molecule has 1 aliphatic heterocycles. The van der Waals surface area contributed by atoms with E-state index in [-0.39, 0.29) is 11.9 Å². The summed E-state index contributed by atoms with van der Waals surface area (Å²) in [5, 5.41) is 4.31. The van der Waals surface area contributed by atoms with Crippen LogP contribution in [0, 0.1) is 5.92 Å². The van der Waals surface area contributed by atoms with E-state index in [1.807, 2.05) is 6.92 Å². The van der Waals surface area contributed by atoms with Gasteiger partial charge in [-0.1, -0.05) is 0 Å². The molecule has 3 nitrogen and oxygen atoms in total. The predicted molar refractivity (Wildman–Crippen MR) is 68.1 cm³/mol. The lowest BCUT2D eigenvalue weighted by molar-refractivity contribution is -0.921. The molecule has 2 atom stereocenters. The monoisotopic (exact) mass is 254 g/mol. The molecule has 1 unspecified atom stereocenters. The number of quaternary nitrogens is 1. The summed E-state index contributed by atoms with van der Waals surface area (Å²) in [6.07, 6.45) is 2.12. The highest BCUT2D eigenvalue weighted by molar-refractivity contribution is 7.07. The van der Waals surface area contributed by atoms with Crippen LogP contribution in [0.5, 0.6) is 0 Å². The molecule has 1 aromatic heterocycles. The number of nitrogens with one attached hydrogen (secondary N) is 1. The average molecular weight is 254 g/mol. The summed E-state index contributed by atoms with van der Waals surface area (Å²) in [6.45, 7) is 5.51. The van der Waals surface area contributed by atoms with Gasteiger partial charge >= 0.3 is 5.97 Å². The van der Waals surface area contributed by atoms with Crippen LogP contribution in [0.2, 0.25) is 0 Å². The van der Waals surface area contributed by atoms with Gasteiger partial charge in [0.05, 0.1) is 19.7 Å². The van der Waals surface area contributed by atoms with Crippen molar-refractivity contribution in [2.45, 2.75) is 26.3 Å². The Morgan fingerprint density at radius 1 is 1.65 bits per heavy atom. The van der Waals surface area contributed by atoms with Crippen LogP contribution in [-0.4, -0.2) is 25.7 Å². The molecule has 1 N–H and O–H groups in total. The summed E-state index contributed by atoms with van der Waals surface area (Å²) < 4.78 is 5.11. The van der Waals surface area contributed by atoms with Crippen LogP contribution in [0.4, 0.5) is 0 Å². The smallest absolute Gasteiger partial charge is 0.314 e. The maximum atomic E-state index is 11.7. The first-order valence-electron chi connectivity index (χ1n) is 6.31. The zero-order chi connectivity index (χ0) is 12.1. The Bertz CT molecular complexity index is 350. The fourth-order valence-electron chi connectivity index (χ4n) is 2.45. The predicted octanol–water partition coefficient (Wildman–Crippen LogP) is 1.11. The van der Waals surface area contributed by atoms with E-state index in [2.05, 4.69) is 16.8 Å². The highest BCUT2D eigenvalue weighted by atomic mass is 32.1. The maximum Gasteiger partial charge on any atom is 0.314 e. The van der Waals surface area contributed by atoms with E-state index in [9.17, 15) is 4.79 Å². The Kier molecular flexibility index (Phi) is 4.57. The number of hydrogen-bond donors (Lipinski definition) is 1. The molecular weight excluding hydrogens is 234 g/mol. The van der Waals surface area contributed by atoms with Crippen LogP contribution in [0.1, 0.15) is 25.3 Å². The molecule has 1 aliphatic rings. The lowest BCUT2D eigenvalue weighted by atomic mass is 9.98. The van der Waals surface area contributed by atoms with Gasteiger partial charge in [0.25, 0.3) is 0 Å². The zero-order valence-electron chi connectivity index (χ0n) is 10.3. The van der Waals surface area contributed by atoms with E-state index in [0.29, 0.717) is 6.61 Å². The lowest BCUT2D eigenvalue weighted by Crippen LogP contribution is -3.12. The maximum absolute atomic E-state index is 11.7. The standard InChI is InChI=1S/C13H19NO2S/c1-2-16-13(15)12-4-3-6-14(9-12)8-11-5-7-17-10-11/h5,7,10,12H,2-4,6,8-9H2,1H3/p+1/t12-/m1/s1. The third-order valence-corrected chi connectivity index (χ3v) is 4.00. The van der Waals surface area contributed by atoms with Gasteiger partial charge in [-0.15, -0.1) is 0 Å². The van der Waals surface area contributed by atoms with Crippen molar-refractivity contribution in [3.63, 3.8) is 0 Å². The van der Waals surface area contributed by atoms with E-state index in [1.165, 1.54) is 17.0 Å². The molecule has 0 aliphatic carbocycles. The summed E-state index contributed by atoms with van der Waals surface area (Å²) in [5.41, 5.74) is 1.38. The molecule has 94 valence electrons. The Morgan fingerprint density at radius 3 is 3.24 bits per heavy atom. The van der Waals surface area contributed by atoms with Crippen molar-refractivity contribution < 1.29 is 14.4 Å². The number of esters is 1. The minimum Gasteiger partial charge on any atom is -0.466 e. The van der Waals surface area contributed by atoms with Gasteiger partial charge in [-0.3, -0.25) is 4.79 Å². The van der Waals surface area contributed by atoms with Crippen molar-refractivity contribution in [3.05, 3.63) is 22.4 Å². The fourth-order valence-corrected chi connectivity index (χ4v) is 3.12. The van der Waals surface area contributed by atoms with Crippen molar-refractivity contribution in [2.75, 3.05) is 19.7 Å². The molecule has 17 heavy (non-hydrogen) atoms. The average Bonchev–Trinajstić information content (AvgIpc) is 2.82. The summed E-state index contributed by atoms with van der Waals surface area (Å²) >= 11 is 1.74. The quantitative estimate of drug-likeness (QED) is 0.816. The van der Waals surface area contributed by atoms with Gasteiger partial charge in [-0.2, -0.15) is 11.3 Å². The van der Waals surface area contributed by atoms with E-state index in [4.69, 9.17) is 4.74 Å². The number of rotatable bonds is 4. The van der Waals surface area contributed by atoms with E-state index in [0.717, 1.165) is 25.9 Å². The van der Waals surface area contributed by atoms with Crippen molar-refractivity contribution in [1.29, 1.82) is 0 Å². The second kappa shape index (κ2) is 6.17. The van der Waals surface area contributed by atoms with Crippen molar-refractivity contribution in [2.24, 2.45) is 5.92 Å². The number of thiophene rings is 1. The number of carbonyl (C=O) groups is 1. The highest BCUT2D eigenvalue weighted by Gasteiger charge is 2.29. The SMILES string of the molecule is CCOC(=O)[C@@H]1CCC[NH+](Cc2ccsc2)C1. The molecule has 1 fully saturated rings. The Labute approximate surface area is 106 Å². The molecule has 0 saturated carbocycles. The summed E-state index contributed by atoms with van der Waals surface area (Å²) in [6, 6.07) is 2.17. The molecular formula is C13H20NO2S+. The van der Waals surface area contributed by atoms with Crippen LogP contribution >= 0.6 is 11.3 Å². The molecule has 0 aromatic carbocycles. The Morgan fingerprint density at radius 2 is 2.53 bits per heavy atom. The Balaban J connectivity index is 1.86. The first kappa shape index (κ1) is 12.6. The van der Waals surface area contributed by atoms with Crippen molar-refractivity contribution >= 4 is 17.3 Å². The summed E-state index contributed by atoms with van der Waals surface area (Å²) in [7, 11) is 0. The van der Waals surface area contributed by atoms with Crippen molar-refractivity contribution in [1.82, 2.24) is 0 Å². The van der Waals surface area contributed by atoms with Gasteiger partial charge < -0.3 is 9.64 Å². The van der Waals surface area contributed by atoms with Gasteiger partial charge in [0, 0.05) is 5.56 Å². The minimum atomic E-state index is -0.00461. The van der Waals surface area contributed by atoms with E-state index in [1.54, 1.807) is 11.3 Å². The van der Waals surface area contributed by atoms with Crippen LogP contribution in [0.3, 0.4) is 0 Å². The number of ether oxygens (including phenoxy) is 1. The molecule has 0 amide bonds.